The number of ether oxygens (including phenoxy) is 1. The second-order valence-corrected chi connectivity index (χ2v) is 9.63. The van der Waals surface area contributed by atoms with Crippen LogP contribution in [-0.4, -0.2) is 39.1 Å². The molecule has 2 aromatic carbocycles. The van der Waals surface area contributed by atoms with Crippen LogP contribution in [0.1, 0.15) is 24.5 Å². The van der Waals surface area contributed by atoms with Crippen LogP contribution in [0.25, 0.3) is 0 Å². The fourth-order valence-electron chi connectivity index (χ4n) is 3.14. The molecule has 0 aromatic heterocycles. The van der Waals surface area contributed by atoms with Crippen molar-refractivity contribution in [2.45, 2.75) is 37.3 Å². The molecular weight excluding hydrogens is 392 g/mol. The Hall–Kier alpha value is -2.87. The van der Waals surface area contributed by atoms with Crippen molar-refractivity contribution in [3.8, 4) is 5.75 Å². The Morgan fingerprint density at radius 3 is 2.52 bits per heavy atom. The summed E-state index contributed by atoms with van der Waals surface area (Å²) >= 11 is 0. The summed E-state index contributed by atoms with van der Waals surface area (Å²) in [5, 5.41) is 1.74. The van der Waals surface area contributed by atoms with Gasteiger partial charge in [0.15, 0.2) is 16.4 Å². The lowest BCUT2D eigenvalue weighted by atomic mass is 10.2. The zero-order valence-corrected chi connectivity index (χ0v) is 17.7. The zero-order valence-electron chi connectivity index (χ0n) is 16.9. The van der Waals surface area contributed by atoms with Crippen molar-refractivity contribution in [1.29, 1.82) is 0 Å². The van der Waals surface area contributed by atoms with Gasteiger partial charge in [-0.05, 0) is 44.5 Å². The molecule has 29 heavy (non-hydrogen) atoms. The number of amides is 2. The highest BCUT2D eigenvalue weighted by molar-refractivity contribution is 7.92. The minimum atomic E-state index is -3.77. The van der Waals surface area contributed by atoms with Gasteiger partial charge in [-0.2, -0.15) is 0 Å². The number of hydrogen-bond acceptors (Lipinski definition) is 5. The average Bonchev–Trinajstić information content (AvgIpc) is 2.67. The molecule has 1 aliphatic rings. The predicted octanol–water partition coefficient (Wildman–Crippen LogP) is 2.85. The summed E-state index contributed by atoms with van der Waals surface area (Å²) in [6.45, 7) is 4.97. The van der Waals surface area contributed by atoms with Gasteiger partial charge in [-0.25, -0.2) is 8.42 Å². The van der Waals surface area contributed by atoms with E-state index in [4.69, 9.17) is 4.74 Å². The molecule has 3 rings (SSSR count). The molecule has 0 aliphatic carbocycles. The maximum atomic E-state index is 13.1. The molecule has 8 heteroatoms. The van der Waals surface area contributed by atoms with E-state index in [1.165, 1.54) is 17.9 Å². The van der Waals surface area contributed by atoms with Crippen molar-refractivity contribution in [3.63, 3.8) is 0 Å². The first-order valence-corrected chi connectivity index (χ1v) is 10.8. The van der Waals surface area contributed by atoms with Gasteiger partial charge >= 0.3 is 0 Å². The smallest absolute Gasteiger partial charge is 0.262 e. The Bertz CT molecular complexity index is 1060. The van der Waals surface area contributed by atoms with Gasteiger partial charge in [0, 0.05) is 25.2 Å². The van der Waals surface area contributed by atoms with Gasteiger partial charge < -0.3 is 15.0 Å². The largest absolute Gasteiger partial charge is 0.482 e. The van der Waals surface area contributed by atoms with E-state index in [-0.39, 0.29) is 29.7 Å². The van der Waals surface area contributed by atoms with Crippen molar-refractivity contribution >= 4 is 33.0 Å². The van der Waals surface area contributed by atoms with E-state index >= 15 is 0 Å². The lowest BCUT2D eigenvalue weighted by Crippen LogP contribution is -2.32. The molecule has 2 amide bonds. The molecule has 0 radical (unpaired) electrons. The lowest BCUT2D eigenvalue weighted by Gasteiger charge is -2.23. The third kappa shape index (κ3) is 4.27. The number of nitrogens with zero attached hydrogens (tertiary/aromatic N) is 1. The number of rotatable bonds is 5. The van der Waals surface area contributed by atoms with Crippen LogP contribution < -0.4 is 15.0 Å². The van der Waals surface area contributed by atoms with Crippen molar-refractivity contribution in [3.05, 3.63) is 47.5 Å². The maximum absolute atomic E-state index is 13.1. The Labute approximate surface area is 170 Å². The van der Waals surface area contributed by atoms with E-state index in [0.29, 0.717) is 22.7 Å². The fourth-order valence-corrected chi connectivity index (χ4v) is 4.72. The molecule has 7 nitrogen and oxygen atoms in total. The SMILES string of the molecule is Cc1ccc(N(C)C(=O)CC(C)S(=O)(=O)c2cc3c(cc2C)NC(=O)CO3)cc1. The first-order chi connectivity index (χ1) is 13.6. The second kappa shape index (κ2) is 7.87. The normalized spacial score (nSPS) is 14.4. The number of carbonyl (C=O) groups is 2. The highest BCUT2D eigenvalue weighted by atomic mass is 32.2. The highest BCUT2D eigenvalue weighted by Crippen LogP contribution is 2.34. The third-order valence-corrected chi connectivity index (χ3v) is 7.28. The number of hydrogen-bond donors (Lipinski definition) is 1. The Kier molecular flexibility index (Phi) is 5.66. The van der Waals surface area contributed by atoms with Gasteiger partial charge in [-0.1, -0.05) is 17.7 Å². The summed E-state index contributed by atoms with van der Waals surface area (Å²) in [4.78, 5) is 25.7. The maximum Gasteiger partial charge on any atom is 0.262 e. The van der Waals surface area contributed by atoms with Crippen LogP contribution in [-0.2, 0) is 19.4 Å². The Morgan fingerprint density at radius 2 is 1.86 bits per heavy atom. The van der Waals surface area contributed by atoms with Crippen LogP contribution in [0.3, 0.4) is 0 Å². The fraction of sp³-hybridized carbons (Fsp3) is 0.333. The van der Waals surface area contributed by atoms with Crippen LogP contribution in [0.5, 0.6) is 5.75 Å². The number of aryl methyl sites for hydroxylation is 2. The molecule has 0 saturated heterocycles. The van der Waals surface area contributed by atoms with Gasteiger partial charge in [-0.3, -0.25) is 9.59 Å². The van der Waals surface area contributed by atoms with Gasteiger partial charge in [0.05, 0.1) is 15.8 Å². The molecule has 2 aromatic rings. The van der Waals surface area contributed by atoms with Crippen LogP contribution in [0.15, 0.2) is 41.3 Å². The number of anilines is 2. The number of nitrogens with one attached hydrogen (secondary N) is 1. The molecule has 0 saturated carbocycles. The monoisotopic (exact) mass is 416 g/mol. The zero-order chi connectivity index (χ0) is 21.3. The van der Waals surface area contributed by atoms with Crippen molar-refractivity contribution < 1.29 is 22.7 Å². The minimum Gasteiger partial charge on any atom is -0.482 e. The molecule has 154 valence electrons. The summed E-state index contributed by atoms with van der Waals surface area (Å²) in [6, 6.07) is 10.4. The lowest BCUT2D eigenvalue weighted by molar-refractivity contribution is -0.119. The number of sulfone groups is 1. The minimum absolute atomic E-state index is 0.102. The predicted molar refractivity (Wildman–Crippen MR) is 111 cm³/mol. The molecule has 1 heterocycles. The molecule has 0 fully saturated rings. The Morgan fingerprint density at radius 1 is 1.21 bits per heavy atom. The Balaban J connectivity index is 1.81. The molecule has 0 bridgehead atoms. The highest BCUT2D eigenvalue weighted by Gasteiger charge is 2.30. The molecule has 1 N–H and O–H groups in total. The molecule has 1 aliphatic heterocycles. The summed E-state index contributed by atoms with van der Waals surface area (Å²) < 4.78 is 31.6. The summed E-state index contributed by atoms with van der Waals surface area (Å²) in [5.74, 6) is -0.265. The van der Waals surface area contributed by atoms with E-state index in [1.807, 2.05) is 31.2 Å². The van der Waals surface area contributed by atoms with Crippen LogP contribution in [0.2, 0.25) is 0 Å². The molecule has 1 atom stereocenters. The second-order valence-electron chi connectivity index (χ2n) is 7.30. The quantitative estimate of drug-likeness (QED) is 0.809. The van der Waals surface area contributed by atoms with Gasteiger partial charge in [0.2, 0.25) is 5.91 Å². The summed E-state index contributed by atoms with van der Waals surface area (Å²) in [5.41, 5.74) is 2.72. The molecular formula is C21H24N2O5S. The first-order valence-electron chi connectivity index (χ1n) is 9.24. The summed E-state index contributed by atoms with van der Waals surface area (Å²) in [6.07, 6.45) is -0.152. The van der Waals surface area contributed by atoms with E-state index in [2.05, 4.69) is 5.32 Å². The van der Waals surface area contributed by atoms with Crippen molar-refractivity contribution in [1.82, 2.24) is 0 Å². The van der Waals surface area contributed by atoms with E-state index < -0.39 is 15.1 Å². The number of carbonyl (C=O) groups excluding carboxylic acids is 2. The standard InChI is InChI=1S/C21H24N2O5S/c1-13-5-7-16(8-6-13)23(4)21(25)10-15(3)29(26,27)19-11-18-17(9-14(19)2)22-20(24)12-28-18/h5-9,11,15H,10,12H2,1-4H3,(H,22,24). The topological polar surface area (TPSA) is 92.8 Å². The van der Waals surface area contributed by atoms with Gasteiger partial charge in [0.25, 0.3) is 5.91 Å². The van der Waals surface area contributed by atoms with Crippen LogP contribution >= 0.6 is 0 Å². The number of benzene rings is 2. The van der Waals surface area contributed by atoms with Crippen molar-refractivity contribution in [2.75, 3.05) is 23.9 Å². The van der Waals surface area contributed by atoms with E-state index in [0.717, 1.165) is 5.56 Å². The first kappa shape index (κ1) is 20.9. The van der Waals surface area contributed by atoms with Crippen LogP contribution in [0.4, 0.5) is 11.4 Å². The number of fused-ring (bicyclic) bond motifs is 1. The van der Waals surface area contributed by atoms with Gasteiger partial charge in [0.1, 0.15) is 5.75 Å². The van der Waals surface area contributed by atoms with Crippen LogP contribution in [0, 0.1) is 13.8 Å². The molecule has 1 unspecified atom stereocenters. The van der Waals surface area contributed by atoms with Gasteiger partial charge in [-0.15, -0.1) is 0 Å². The van der Waals surface area contributed by atoms with E-state index in [1.54, 1.807) is 20.0 Å². The third-order valence-electron chi connectivity index (χ3n) is 5.00. The average molecular weight is 416 g/mol. The van der Waals surface area contributed by atoms with Crippen molar-refractivity contribution in [2.24, 2.45) is 0 Å². The summed E-state index contributed by atoms with van der Waals surface area (Å²) in [7, 11) is -2.14. The molecule has 0 spiro atoms. The van der Waals surface area contributed by atoms with E-state index in [9.17, 15) is 18.0 Å².